The molecule has 1 saturated carbocycles. The SMILES string of the molecule is Cc1cccc(OC[C@@H](O)Cn2c(C3CC3)nc3ccccc32)c1. The van der Waals surface area contributed by atoms with Crippen LogP contribution in [0.5, 0.6) is 5.75 Å². The molecule has 1 N–H and O–H groups in total. The van der Waals surface area contributed by atoms with E-state index in [9.17, 15) is 5.11 Å². The Labute approximate surface area is 141 Å². The third kappa shape index (κ3) is 3.15. The van der Waals surface area contributed by atoms with Gasteiger partial charge in [0.25, 0.3) is 0 Å². The van der Waals surface area contributed by atoms with Crippen molar-refractivity contribution in [2.75, 3.05) is 6.61 Å². The first-order chi connectivity index (χ1) is 11.7. The Morgan fingerprint density at radius 2 is 2.04 bits per heavy atom. The highest BCUT2D eigenvalue weighted by molar-refractivity contribution is 5.76. The molecule has 0 spiro atoms. The number of aliphatic hydroxyl groups is 1. The summed E-state index contributed by atoms with van der Waals surface area (Å²) >= 11 is 0. The van der Waals surface area contributed by atoms with Crippen LogP contribution in [-0.2, 0) is 6.54 Å². The molecule has 4 rings (SSSR count). The molecule has 2 aromatic carbocycles. The summed E-state index contributed by atoms with van der Waals surface area (Å²) in [7, 11) is 0. The van der Waals surface area contributed by atoms with Crippen molar-refractivity contribution in [1.82, 2.24) is 9.55 Å². The van der Waals surface area contributed by atoms with E-state index in [1.54, 1.807) is 0 Å². The van der Waals surface area contributed by atoms with Crippen LogP contribution in [0.25, 0.3) is 11.0 Å². The average Bonchev–Trinajstić information content (AvgIpc) is 3.36. The highest BCUT2D eigenvalue weighted by Gasteiger charge is 2.30. The second kappa shape index (κ2) is 6.29. The second-order valence-electron chi connectivity index (χ2n) is 6.62. The predicted octanol–water partition coefficient (Wildman–Crippen LogP) is 3.66. The number of rotatable bonds is 6. The predicted molar refractivity (Wildman–Crippen MR) is 94.4 cm³/mol. The maximum absolute atomic E-state index is 10.5. The summed E-state index contributed by atoms with van der Waals surface area (Å²) in [4.78, 5) is 4.77. The summed E-state index contributed by atoms with van der Waals surface area (Å²) in [6, 6.07) is 16.0. The van der Waals surface area contributed by atoms with Crippen molar-refractivity contribution in [2.24, 2.45) is 0 Å². The molecule has 3 aromatic rings. The fourth-order valence-corrected chi connectivity index (χ4v) is 3.10. The van der Waals surface area contributed by atoms with E-state index in [1.807, 2.05) is 49.4 Å². The van der Waals surface area contributed by atoms with Crippen molar-refractivity contribution in [3.05, 3.63) is 59.9 Å². The Balaban J connectivity index is 1.50. The normalized spacial score (nSPS) is 15.6. The van der Waals surface area contributed by atoms with Crippen LogP contribution < -0.4 is 4.74 Å². The van der Waals surface area contributed by atoms with Crippen LogP contribution >= 0.6 is 0 Å². The number of para-hydroxylation sites is 2. The first kappa shape index (κ1) is 15.2. The Hall–Kier alpha value is -2.33. The summed E-state index contributed by atoms with van der Waals surface area (Å²) in [5.74, 6) is 2.44. The van der Waals surface area contributed by atoms with E-state index >= 15 is 0 Å². The van der Waals surface area contributed by atoms with Gasteiger partial charge in [-0.2, -0.15) is 0 Å². The zero-order valence-electron chi connectivity index (χ0n) is 13.9. The van der Waals surface area contributed by atoms with Gasteiger partial charge >= 0.3 is 0 Å². The lowest BCUT2D eigenvalue weighted by atomic mass is 10.2. The number of hydrogen-bond acceptors (Lipinski definition) is 3. The molecule has 24 heavy (non-hydrogen) atoms. The summed E-state index contributed by atoms with van der Waals surface area (Å²) in [5.41, 5.74) is 3.25. The fraction of sp³-hybridized carbons (Fsp3) is 0.350. The van der Waals surface area contributed by atoms with Crippen LogP contribution in [0, 0.1) is 6.92 Å². The van der Waals surface area contributed by atoms with Crippen molar-refractivity contribution >= 4 is 11.0 Å². The molecule has 4 nitrogen and oxygen atoms in total. The molecule has 0 aliphatic heterocycles. The van der Waals surface area contributed by atoms with Crippen molar-refractivity contribution in [2.45, 2.75) is 38.3 Å². The minimum absolute atomic E-state index is 0.278. The summed E-state index contributed by atoms with van der Waals surface area (Å²) in [6.45, 7) is 2.82. The number of nitrogens with zero attached hydrogens (tertiary/aromatic N) is 2. The van der Waals surface area contributed by atoms with Crippen molar-refractivity contribution in [3.8, 4) is 5.75 Å². The number of aliphatic hydroxyl groups excluding tert-OH is 1. The summed E-state index contributed by atoms with van der Waals surface area (Å²) in [6.07, 6.45) is 1.82. The minimum atomic E-state index is -0.569. The average molecular weight is 322 g/mol. The molecule has 1 fully saturated rings. The van der Waals surface area contributed by atoms with Crippen LogP contribution in [0.3, 0.4) is 0 Å². The first-order valence-electron chi connectivity index (χ1n) is 8.53. The summed E-state index contributed by atoms with van der Waals surface area (Å²) < 4.78 is 7.91. The van der Waals surface area contributed by atoms with E-state index in [-0.39, 0.29) is 6.61 Å². The van der Waals surface area contributed by atoms with Crippen LogP contribution in [0.15, 0.2) is 48.5 Å². The number of imidazole rings is 1. The number of aromatic nitrogens is 2. The molecule has 1 aromatic heterocycles. The van der Waals surface area contributed by atoms with E-state index in [0.29, 0.717) is 12.5 Å². The minimum Gasteiger partial charge on any atom is -0.491 e. The van der Waals surface area contributed by atoms with Crippen molar-refractivity contribution < 1.29 is 9.84 Å². The molecular formula is C20H22N2O2. The van der Waals surface area contributed by atoms with Gasteiger partial charge in [-0.1, -0.05) is 24.3 Å². The molecule has 0 unspecified atom stereocenters. The van der Waals surface area contributed by atoms with Gasteiger partial charge in [-0.05, 0) is 49.6 Å². The Bertz CT molecular complexity index is 852. The van der Waals surface area contributed by atoms with E-state index in [1.165, 1.54) is 12.8 Å². The van der Waals surface area contributed by atoms with Gasteiger partial charge in [-0.25, -0.2) is 4.98 Å². The lowest BCUT2D eigenvalue weighted by Gasteiger charge is -2.16. The smallest absolute Gasteiger partial charge is 0.119 e. The molecule has 0 bridgehead atoms. The van der Waals surface area contributed by atoms with Gasteiger partial charge < -0.3 is 14.4 Å². The standard InChI is InChI=1S/C20H22N2O2/c1-14-5-4-6-17(11-14)24-13-16(23)12-22-19-8-3-2-7-18(19)21-20(22)15-9-10-15/h2-8,11,15-16,23H,9-10,12-13H2,1H3/t16-/m0/s1. The highest BCUT2D eigenvalue weighted by atomic mass is 16.5. The zero-order chi connectivity index (χ0) is 16.5. The van der Waals surface area contributed by atoms with Gasteiger partial charge in [0.2, 0.25) is 0 Å². The third-order valence-corrected chi connectivity index (χ3v) is 4.45. The van der Waals surface area contributed by atoms with Gasteiger partial charge in [0.1, 0.15) is 24.3 Å². The van der Waals surface area contributed by atoms with Crippen LogP contribution in [0.2, 0.25) is 0 Å². The molecule has 4 heteroatoms. The molecule has 124 valence electrons. The molecule has 1 aliphatic rings. The molecular weight excluding hydrogens is 300 g/mol. The van der Waals surface area contributed by atoms with E-state index < -0.39 is 6.10 Å². The van der Waals surface area contributed by atoms with Gasteiger partial charge in [0.15, 0.2) is 0 Å². The number of fused-ring (bicyclic) bond motifs is 1. The van der Waals surface area contributed by atoms with Crippen LogP contribution in [-0.4, -0.2) is 27.4 Å². The van der Waals surface area contributed by atoms with Gasteiger partial charge in [-0.15, -0.1) is 0 Å². The molecule has 1 heterocycles. The lowest BCUT2D eigenvalue weighted by Crippen LogP contribution is -2.24. The molecule has 0 amide bonds. The molecule has 0 saturated heterocycles. The first-order valence-corrected chi connectivity index (χ1v) is 8.53. The third-order valence-electron chi connectivity index (χ3n) is 4.45. The largest absolute Gasteiger partial charge is 0.491 e. The van der Waals surface area contributed by atoms with Gasteiger partial charge in [0, 0.05) is 5.92 Å². The van der Waals surface area contributed by atoms with Crippen LogP contribution in [0.4, 0.5) is 0 Å². The van der Waals surface area contributed by atoms with Gasteiger partial charge in [-0.3, -0.25) is 0 Å². The van der Waals surface area contributed by atoms with Crippen molar-refractivity contribution in [3.63, 3.8) is 0 Å². The Morgan fingerprint density at radius 3 is 2.83 bits per heavy atom. The summed E-state index contributed by atoms with van der Waals surface area (Å²) in [5, 5.41) is 10.5. The Morgan fingerprint density at radius 1 is 1.21 bits per heavy atom. The lowest BCUT2D eigenvalue weighted by molar-refractivity contribution is 0.0927. The fourth-order valence-electron chi connectivity index (χ4n) is 3.10. The second-order valence-corrected chi connectivity index (χ2v) is 6.62. The molecule has 1 atom stereocenters. The molecule has 0 radical (unpaired) electrons. The topological polar surface area (TPSA) is 47.3 Å². The van der Waals surface area contributed by atoms with E-state index in [4.69, 9.17) is 9.72 Å². The number of benzene rings is 2. The van der Waals surface area contributed by atoms with Crippen molar-refractivity contribution in [1.29, 1.82) is 0 Å². The van der Waals surface area contributed by atoms with Gasteiger partial charge in [0.05, 0.1) is 17.6 Å². The molecule has 1 aliphatic carbocycles. The van der Waals surface area contributed by atoms with E-state index in [0.717, 1.165) is 28.2 Å². The number of hydrogen-bond donors (Lipinski definition) is 1. The monoisotopic (exact) mass is 322 g/mol. The quantitative estimate of drug-likeness (QED) is 0.753. The zero-order valence-corrected chi connectivity index (χ0v) is 13.9. The highest BCUT2D eigenvalue weighted by Crippen LogP contribution is 2.40. The number of ether oxygens (including phenoxy) is 1. The van der Waals surface area contributed by atoms with E-state index in [2.05, 4.69) is 10.6 Å². The maximum atomic E-state index is 10.5. The maximum Gasteiger partial charge on any atom is 0.119 e. The van der Waals surface area contributed by atoms with Crippen LogP contribution in [0.1, 0.15) is 30.1 Å². The number of aryl methyl sites for hydroxylation is 1. The Kier molecular flexibility index (Phi) is 3.98.